The van der Waals surface area contributed by atoms with Crippen molar-refractivity contribution in [2.24, 2.45) is 0 Å². The molecule has 0 unspecified atom stereocenters. The van der Waals surface area contributed by atoms with Crippen LogP contribution in [0.1, 0.15) is 43.2 Å². The molecule has 1 N–H and O–H groups in total. The van der Waals surface area contributed by atoms with E-state index in [1.54, 1.807) is 36.5 Å². The summed E-state index contributed by atoms with van der Waals surface area (Å²) in [6.45, 7) is 1.84. The van der Waals surface area contributed by atoms with Crippen molar-refractivity contribution in [3.05, 3.63) is 69.6 Å². The Bertz CT molecular complexity index is 1350. The predicted molar refractivity (Wildman–Crippen MR) is 128 cm³/mol. The average Bonchev–Trinajstić information content (AvgIpc) is 2.85. The highest BCUT2D eigenvalue weighted by Gasteiger charge is 2.21. The third-order valence-electron chi connectivity index (χ3n) is 5.92. The van der Waals surface area contributed by atoms with Crippen LogP contribution in [0.2, 0.25) is 0 Å². The van der Waals surface area contributed by atoms with Gasteiger partial charge in [-0.1, -0.05) is 37.5 Å². The fraction of sp³-hybridized carbons (Fsp3) is 0.308. The molecule has 2 heterocycles. The Morgan fingerprint density at radius 1 is 1.18 bits per heavy atom. The topological polar surface area (TPSA) is 106 Å². The number of benzene rings is 1. The lowest BCUT2D eigenvalue weighted by Crippen LogP contribution is -2.36. The number of aromatic nitrogens is 2. The molecule has 1 amide bonds. The van der Waals surface area contributed by atoms with E-state index < -0.39 is 11.5 Å². The van der Waals surface area contributed by atoms with Crippen molar-refractivity contribution in [2.75, 3.05) is 7.11 Å². The minimum Gasteiger partial charge on any atom is -0.493 e. The molecule has 8 nitrogen and oxygen atoms in total. The first-order valence-electron chi connectivity index (χ1n) is 11.3. The van der Waals surface area contributed by atoms with Crippen molar-refractivity contribution in [3.63, 3.8) is 0 Å². The molecular formula is C26H26N4O4. The highest BCUT2D eigenvalue weighted by Crippen LogP contribution is 2.32. The van der Waals surface area contributed by atoms with Gasteiger partial charge in [0.15, 0.2) is 11.5 Å². The van der Waals surface area contributed by atoms with E-state index in [1.807, 2.05) is 19.1 Å². The van der Waals surface area contributed by atoms with Crippen molar-refractivity contribution < 1.29 is 14.3 Å². The van der Waals surface area contributed by atoms with Crippen LogP contribution in [0.5, 0.6) is 17.4 Å². The van der Waals surface area contributed by atoms with Gasteiger partial charge in [-0.05, 0) is 49.6 Å². The molecule has 4 rings (SSSR count). The van der Waals surface area contributed by atoms with E-state index in [1.165, 1.54) is 17.6 Å². The van der Waals surface area contributed by atoms with E-state index in [-0.39, 0.29) is 23.1 Å². The number of fused-ring (bicyclic) bond motifs is 1. The monoisotopic (exact) mass is 458 g/mol. The van der Waals surface area contributed by atoms with Crippen LogP contribution in [0.25, 0.3) is 11.7 Å². The Hall–Kier alpha value is -4.12. The summed E-state index contributed by atoms with van der Waals surface area (Å²) in [5.74, 6) is 0.294. The fourth-order valence-corrected chi connectivity index (χ4v) is 4.10. The van der Waals surface area contributed by atoms with Crippen LogP contribution < -0.4 is 20.3 Å². The summed E-state index contributed by atoms with van der Waals surface area (Å²) in [4.78, 5) is 30.9. The van der Waals surface area contributed by atoms with Crippen LogP contribution in [0.3, 0.4) is 0 Å². The maximum Gasteiger partial charge on any atom is 0.269 e. The van der Waals surface area contributed by atoms with Crippen molar-refractivity contribution in [1.82, 2.24) is 14.7 Å². The number of nitrogens with zero attached hydrogens (tertiary/aromatic N) is 3. The van der Waals surface area contributed by atoms with Crippen LogP contribution in [0.4, 0.5) is 0 Å². The van der Waals surface area contributed by atoms with Gasteiger partial charge in [0.1, 0.15) is 22.9 Å². The molecule has 0 saturated heterocycles. The molecule has 0 bridgehead atoms. The molecule has 0 spiro atoms. The normalized spacial score (nSPS) is 14.4. The van der Waals surface area contributed by atoms with Crippen LogP contribution in [0.15, 0.2) is 53.0 Å². The van der Waals surface area contributed by atoms with Gasteiger partial charge in [-0.15, -0.1) is 0 Å². The molecular weight excluding hydrogens is 432 g/mol. The summed E-state index contributed by atoms with van der Waals surface area (Å²) in [5, 5.41) is 12.7. The lowest BCUT2D eigenvalue weighted by atomic mass is 9.95. The Labute approximate surface area is 197 Å². The van der Waals surface area contributed by atoms with Gasteiger partial charge in [-0.25, -0.2) is 0 Å². The van der Waals surface area contributed by atoms with Gasteiger partial charge in [0, 0.05) is 12.2 Å². The summed E-state index contributed by atoms with van der Waals surface area (Å²) in [7, 11) is 1.51. The maximum absolute atomic E-state index is 13.4. The molecule has 2 aromatic heterocycles. The summed E-state index contributed by atoms with van der Waals surface area (Å²) in [6, 6.07) is 12.5. The number of carbonyl (C=O) groups is 1. The largest absolute Gasteiger partial charge is 0.493 e. The quantitative estimate of drug-likeness (QED) is 0.439. The lowest BCUT2D eigenvalue weighted by Gasteiger charge is -2.22. The number of nitriles is 1. The summed E-state index contributed by atoms with van der Waals surface area (Å²) < 4.78 is 12.8. The number of hydrogen-bond acceptors (Lipinski definition) is 6. The molecule has 174 valence electrons. The molecule has 0 radical (unpaired) electrons. The van der Waals surface area contributed by atoms with Gasteiger partial charge in [0.05, 0.1) is 7.11 Å². The van der Waals surface area contributed by atoms with Gasteiger partial charge in [-0.3, -0.25) is 14.0 Å². The number of pyridine rings is 1. The number of hydrogen-bond donors (Lipinski definition) is 1. The van der Waals surface area contributed by atoms with Crippen molar-refractivity contribution in [1.29, 1.82) is 5.26 Å². The second-order valence-electron chi connectivity index (χ2n) is 8.25. The number of ether oxygens (including phenoxy) is 2. The second kappa shape index (κ2) is 10.2. The summed E-state index contributed by atoms with van der Waals surface area (Å²) in [6.07, 6.45) is 7.85. The zero-order valence-corrected chi connectivity index (χ0v) is 19.2. The molecule has 34 heavy (non-hydrogen) atoms. The molecule has 1 saturated carbocycles. The molecule has 1 aromatic carbocycles. The first kappa shape index (κ1) is 23.1. The summed E-state index contributed by atoms with van der Waals surface area (Å²) in [5.41, 5.74) is 0.568. The standard InChI is InChI=1S/C26H26N4O4/c1-17-9-8-14-30-23(17)29-25(34-22-13-7-6-12-21(22)33-2)20(26(30)32)15-18(16-27)24(31)28-19-10-4-3-5-11-19/h6-9,12-15,19H,3-5,10-11H2,1-2H3,(H,28,31). The number of aryl methyl sites for hydroxylation is 1. The average molecular weight is 459 g/mol. The molecule has 3 aromatic rings. The van der Waals surface area contributed by atoms with Crippen LogP contribution in [-0.2, 0) is 4.79 Å². The van der Waals surface area contributed by atoms with Crippen molar-refractivity contribution in [2.45, 2.75) is 45.1 Å². The van der Waals surface area contributed by atoms with E-state index >= 15 is 0 Å². The Kier molecular flexibility index (Phi) is 6.93. The number of carbonyl (C=O) groups excluding carboxylic acids is 1. The smallest absolute Gasteiger partial charge is 0.269 e. The van der Waals surface area contributed by atoms with Crippen molar-refractivity contribution >= 4 is 17.6 Å². The first-order chi connectivity index (χ1) is 16.5. The van der Waals surface area contributed by atoms with E-state index in [0.717, 1.165) is 37.7 Å². The zero-order valence-electron chi connectivity index (χ0n) is 19.2. The Morgan fingerprint density at radius 2 is 1.91 bits per heavy atom. The van der Waals surface area contributed by atoms with Gasteiger partial charge in [-0.2, -0.15) is 10.2 Å². The van der Waals surface area contributed by atoms with Gasteiger partial charge >= 0.3 is 0 Å². The van der Waals surface area contributed by atoms with E-state index in [0.29, 0.717) is 17.1 Å². The third-order valence-corrected chi connectivity index (χ3v) is 5.92. The minimum absolute atomic E-state index is 0.00403. The Morgan fingerprint density at radius 3 is 2.62 bits per heavy atom. The van der Waals surface area contributed by atoms with Crippen LogP contribution >= 0.6 is 0 Å². The number of para-hydroxylation sites is 2. The molecule has 8 heteroatoms. The van der Waals surface area contributed by atoms with Crippen LogP contribution in [0, 0.1) is 18.3 Å². The van der Waals surface area contributed by atoms with Crippen LogP contribution in [-0.4, -0.2) is 28.4 Å². The highest BCUT2D eigenvalue weighted by atomic mass is 16.5. The molecule has 0 atom stereocenters. The van der Waals surface area contributed by atoms with E-state index in [9.17, 15) is 14.9 Å². The van der Waals surface area contributed by atoms with E-state index in [4.69, 9.17) is 9.47 Å². The molecule has 0 aliphatic heterocycles. The van der Waals surface area contributed by atoms with Gasteiger partial charge in [0.25, 0.3) is 11.5 Å². The number of amides is 1. The second-order valence-corrected chi connectivity index (χ2v) is 8.25. The molecule has 1 aliphatic carbocycles. The first-order valence-corrected chi connectivity index (χ1v) is 11.3. The van der Waals surface area contributed by atoms with Gasteiger partial charge < -0.3 is 14.8 Å². The number of rotatable bonds is 6. The zero-order chi connectivity index (χ0) is 24.1. The summed E-state index contributed by atoms with van der Waals surface area (Å²) >= 11 is 0. The highest BCUT2D eigenvalue weighted by molar-refractivity contribution is 6.02. The maximum atomic E-state index is 13.4. The Balaban J connectivity index is 1.81. The minimum atomic E-state index is -0.508. The van der Waals surface area contributed by atoms with Crippen molar-refractivity contribution in [3.8, 4) is 23.4 Å². The predicted octanol–water partition coefficient (Wildman–Crippen LogP) is 4.16. The number of methoxy groups -OCH3 is 1. The SMILES string of the molecule is COc1ccccc1Oc1nc2c(C)cccn2c(=O)c1C=C(C#N)C(=O)NC1CCCCC1. The van der Waals surface area contributed by atoms with E-state index in [2.05, 4.69) is 10.3 Å². The third kappa shape index (κ3) is 4.79. The molecule has 1 fully saturated rings. The number of nitrogens with one attached hydrogen (secondary N) is 1. The fourth-order valence-electron chi connectivity index (χ4n) is 4.10. The molecule has 1 aliphatic rings. The van der Waals surface area contributed by atoms with Gasteiger partial charge in [0.2, 0.25) is 5.88 Å². The lowest BCUT2D eigenvalue weighted by molar-refractivity contribution is -0.117.